The van der Waals surface area contributed by atoms with Crippen LogP contribution in [0.1, 0.15) is 17.0 Å². The maximum atomic E-state index is 11.7. The summed E-state index contributed by atoms with van der Waals surface area (Å²) in [6.07, 6.45) is -2.40. The van der Waals surface area contributed by atoms with Crippen molar-refractivity contribution in [3.05, 3.63) is 59.7 Å². The van der Waals surface area contributed by atoms with Crippen molar-refractivity contribution in [2.45, 2.75) is 12.0 Å². The van der Waals surface area contributed by atoms with Gasteiger partial charge in [-0.1, -0.05) is 48.5 Å². The number of nitrogens with one attached hydrogen (secondary N) is 1. The van der Waals surface area contributed by atoms with E-state index < -0.39 is 24.7 Å². The second-order valence-electron chi connectivity index (χ2n) is 5.56. The molecule has 1 amide bonds. The molecule has 3 N–H and O–H groups in total. The van der Waals surface area contributed by atoms with Crippen LogP contribution in [0, 0.1) is 0 Å². The summed E-state index contributed by atoms with van der Waals surface area (Å²) in [4.78, 5) is 22.2. The Balaban J connectivity index is 1.67. The van der Waals surface area contributed by atoms with Gasteiger partial charge in [-0.05, 0) is 22.3 Å². The van der Waals surface area contributed by atoms with Gasteiger partial charge in [0, 0.05) is 5.92 Å². The molecule has 0 bridgehead atoms. The van der Waals surface area contributed by atoms with E-state index in [0.29, 0.717) is 0 Å². The molecule has 0 radical (unpaired) electrons. The van der Waals surface area contributed by atoms with Gasteiger partial charge in [-0.25, -0.2) is 9.59 Å². The van der Waals surface area contributed by atoms with E-state index in [-0.39, 0.29) is 12.5 Å². The summed E-state index contributed by atoms with van der Waals surface area (Å²) in [5.74, 6) is -1.46. The minimum absolute atomic E-state index is 0.0625. The highest BCUT2D eigenvalue weighted by Gasteiger charge is 2.29. The molecule has 1 atom stereocenters. The number of hydrogen-bond acceptors (Lipinski definition) is 4. The topological polar surface area (TPSA) is 95.9 Å². The number of carboxylic acids is 1. The lowest BCUT2D eigenvalue weighted by Crippen LogP contribution is -2.37. The van der Waals surface area contributed by atoms with Crippen molar-refractivity contribution in [1.29, 1.82) is 0 Å². The third-order valence-corrected chi connectivity index (χ3v) is 4.07. The molecule has 6 heteroatoms. The average Bonchev–Trinajstić information content (AvgIpc) is 2.92. The second kappa shape index (κ2) is 6.72. The number of benzene rings is 2. The van der Waals surface area contributed by atoms with Crippen LogP contribution in [0.4, 0.5) is 4.79 Å². The van der Waals surface area contributed by atoms with Gasteiger partial charge < -0.3 is 20.3 Å². The molecule has 0 fully saturated rings. The summed E-state index contributed by atoms with van der Waals surface area (Å²) < 4.78 is 5.22. The van der Waals surface area contributed by atoms with Crippen molar-refractivity contribution >= 4 is 12.1 Å². The van der Waals surface area contributed by atoms with Crippen molar-refractivity contribution in [1.82, 2.24) is 5.32 Å². The molecule has 0 spiro atoms. The first-order valence-corrected chi connectivity index (χ1v) is 7.57. The SMILES string of the molecule is O=C(NC[C@@H](O)C(=O)O)OCC1c2ccccc2-c2ccccc21. The first-order chi connectivity index (χ1) is 11.6. The van der Waals surface area contributed by atoms with Crippen LogP contribution in [0.3, 0.4) is 0 Å². The molecule has 0 unspecified atom stereocenters. The number of amides is 1. The first-order valence-electron chi connectivity index (χ1n) is 7.57. The molecule has 0 saturated carbocycles. The second-order valence-corrected chi connectivity index (χ2v) is 5.56. The van der Waals surface area contributed by atoms with Crippen molar-refractivity contribution in [2.75, 3.05) is 13.2 Å². The van der Waals surface area contributed by atoms with E-state index in [2.05, 4.69) is 5.32 Å². The van der Waals surface area contributed by atoms with Gasteiger partial charge >= 0.3 is 12.1 Å². The zero-order valence-electron chi connectivity index (χ0n) is 12.8. The largest absolute Gasteiger partial charge is 0.479 e. The molecular formula is C18H17NO5. The monoisotopic (exact) mass is 327 g/mol. The molecule has 0 heterocycles. The molecule has 2 aromatic rings. The highest BCUT2D eigenvalue weighted by molar-refractivity contribution is 5.79. The van der Waals surface area contributed by atoms with E-state index in [1.165, 1.54) is 0 Å². The third-order valence-electron chi connectivity index (χ3n) is 4.07. The summed E-state index contributed by atoms with van der Waals surface area (Å²) in [7, 11) is 0. The summed E-state index contributed by atoms with van der Waals surface area (Å²) in [6, 6.07) is 15.9. The number of carbonyl (C=O) groups excluding carboxylic acids is 1. The zero-order valence-corrected chi connectivity index (χ0v) is 12.8. The van der Waals surface area contributed by atoms with E-state index in [9.17, 15) is 9.59 Å². The van der Waals surface area contributed by atoms with Crippen LogP contribution >= 0.6 is 0 Å². The number of aliphatic hydroxyl groups excluding tert-OH is 1. The highest BCUT2D eigenvalue weighted by Crippen LogP contribution is 2.44. The van der Waals surface area contributed by atoms with Gasteiger partial charge in [-0.15, -0.1) is 0 Å². The van der Waals surface area contributed by atoms with E-state index in [4.69, 9.17) is 14.9 Å². The number of aliphatic carboxylic acids is 1. The van der Waals surface area contributed by atoms with Gasteiger partial charge in [0.15, 0.2) is 6.10 Å². The maximum absolute atomic E-state index is 11.7. The molecule has 6 nitrogen and oxygen atoms in total. The fraction of sp³-hybridized carbons (Fsp3) is 0.222. The van der Waals surface area contributed by atoms with Crippen molar-refractivity contribution in [2.24, 2.45) is 0 Å². The quantitative estimate of drug-likeness (QED) is 0.780. The van der Waals surface area contributed by atoms with Crippen molar-refractivity contribution in [3.8, 4) is 11.1 Å². The van der Waals surface area contributed by atoms with Crippen molar-refractivity contribution < 1.29 is 24.5 Å². The van der Waals surface area contributed by atoms with E-state index in [1.807, 2.05) is 48.5 Å². The molecule has 2 aromatic carbocycles. The number of carboxylic acid groups (broad SMARTS) is 1. The van der Waals surface area contributed by atoms with Crippen molar-refractivity contribution in [3.63, 3.8) is 0 Å². The Kier molecular flexibility index (Phi) is 4.48. The Morgan fingerprint density at radius 2 is 1.58 bits per heavy atom. The van der Waals surface area contributed by atoms with E-state index in [0.717, 1.165) is 22.3 Å². The van der Waals surface area contributed by atoms with Gasteiger partial charge in [0.1, 0.15) is 6.61 Å². The van der Waals surface area contributed by atoms with Gasteiger partial charge in [0.05, 0.1) is 6.54 Å². The molecule has 0 saturated heterocycles. The van der Waals surface area contributed by atoms with Crippen LogP contribution in [0.5, 0.6) is 0 Å². The molecule has 0 aromatic heterocycles. The molecule has 1 aliphatic rings. The zero-order chi connectivity index (χ0) is 17.1. The number of fused-ring (bicyclic) bond motifs is 3. The number of carbonyl (C=O) groups is 2. The Morgan fingerprint density at radius 1 is 1.04 bits per heavy atom. The lowest BCUT2D eigenvalue weighted by atomic mass is 9.98. The lowest BCUT2D eigenvalue weighted by molar-refractivity contribution is -0.146. The minimum atomic E-state index is -1.65. The van der Waals surface area contributed by atoms with E-state index in [1.54, 1.807) is 0 Å². The maximum Gasteiger partial charge on any atom is 0.407 e. The minimum Gasteiger partial charge on any atom is -0.479 e. The summed E-state index contributed by atoms with van der Waals surface area (Å²) in [5.41, 5.74) is 4.45. The molecule has 0 aliphatic heterocycles. The predicted octanol–water partition coefficient (Wildman–Crippen LogP) is 1.97. The van der Waals surface area contributed by atoms with Gasteiger partial charge in [-0.3, -0.25) is 0 Å². The smallest absolute Gasteiger partial charge is 0.407 e. The molecule has 24 heavy (non-hydrogen) atoms. The van der Waals surface area contributed by atoms with Gasteiger partial charge in [0.2, 0.25) is 0 Å². The summed E-state index contributed by atoms with van der Waals surface area (Å²) >= 11 is 0. The Morgan fingerprint density at radius 3 is 2.12 bits per heavy atom. The van der Waals surface area contributed by atoms with Crippen LogP contribution in [-0.2, 0) is 9.53 Å². The number of rotatable bonds is 5. The molecule has 3 rings (SSSR count). The summed E-state index contributed by atoms with van der Waals surface area (Å²) in [5, 5.41) is 20.0. The molecule has 124 valence electrons. The number of aliphatic hydroxyl groups is 1. The van der Waals surface area contributed by atoms with Crippen LogP contribution in [-0.4, -0.2) is 41.5 Å². The van der Waals surface area contributed by atoms with E-state index >= 15 is 0 Å². The number of alkyl carbamates (subject to hydrolysis) is 1. The normalized spacial score (nSPS) is 13.7. The Labute approximate surface area is 138 Å². The Hall–Kier alpha value is -2.86. The third kappa shape index (κ3) is 3.09. The average molecular weight is 327 g/mol. The van der Waals surface area contributed by atoms with Gasteiger partial charge in [-0.2, -0.15) is 0 Å². The Bertz CT molecular complexity index is 728. The predicted molar refractivity (Wildman–Crippen MR) is 86.7 cm³/mol. The van der Waals surface area contributed by atoms with Crippen LogP contribution in [0.2, 0.25) is 0 Å². The first kappa shape index (κ1) is 16.0. The standard InChI is InChI=1S/C18H17NO5/c20-16(17(21)22)9-19-18(23)24-10-15-13-7-3-1-5-11(13)12-6-2-4-8-14(12)15/h1-8,15-16,20H,9-10H2,(H,19,23)(H,21,22)/t16-/m1/s1. The fourth-order valence-corrected chi connectivity index (χ4v) is 2.92. The summed E-state index contributed by atoms with van der Waals surface area (Å²) in [6.45, 7) is -0.255. The highest BCUT2D eigenvalue weighted by atomic mass is 16.5. The van der Waals surface area contributed by atoms with Gasteiger partial charge in [0.25, 0.3) is 0 Å². The van der Waals surface area contributed by atoms with Crippen LogP contribution in [0.25, 0.3) is 11.1 Å². The molecule has 1 aliphatic carbocycles. The lowest BCUT2D eigenvalue weighted by Gasteiger charge is -2.15. The number of hydrogen-bond donors (Lipinski definition) is 3. The fourth-order valence-electron chi connectivity index (χ4n) is 2.92. The molecular weight excluding hydrogens is 310 g/mol. The van der Waals surface area contributed by atoms with Crippen LogP contribution < -0.4 is 5.32 Å². The van der Waals surface area contributed by atoms with Crippen LogP contribution in [0.15, 0.2) is 48.5 Å². The number of ether oxygens (including phenoxy) is 1.